The zero-order valence-electron chi connectivity index (χ0n) is 8.49. The van der Waals surface area contributed by atoms with Crippen molar-refractivity contribution in [2.24, 2.45) is 5.73 Å². The first-order valence-corrected chi connectivity index (χ1v) is 6.31. The predicted molar refractivity (Wildman–Crippen MR) is 61.2 cm³/mol. The molecule has 0 atom stereocenters. The number of nitrogens with zero attached hydrogens (tertiary/aromatic N) is 1. The molecule has 0 unspecified atom stereocenters. The lowest BCUT2D eigenvalue weighted by Crippen LogP contribution is -2.41. The summed E-state index contributed by atoms with van der Waals surface area (Å²) in [6.45, 7) is 4.64. The van der Waals surface area contributed by atoms with Crippen LogP contribution in [0.25, 0.3) is 0 Å². The molecule has 5 nitrogen and oxygen atoms in total. The lowest BCUT2D eigenvalue weighted by Gasteiger charge is -2.19. The standard InChI is InChI=1S/C7H17N3O2S2/c1-3-9-14(11,12)10(4-2)6-5-7(8)13/h9H,3-6H2,1-2H3,(H2,8,13). The maximum Gasteiger partial charge on any atom is 0.279 e. The second-order valence-corrected chi connectivity index (χ2v) is 4.99. The molecule has 0 saturated heterocycles. The van der Waals surface area contributed by atoms with Gasteiger partial charge in [-0.05, 0) is 0 Å². The van der Waals surface area contributed by atoms with E-state index in [1.54, 1.807) is 13.8 Å². The summed E-state index contributed by atoms with van der Waals surface area (Å²) in [4.78, 5) is 0.329. The van der Waals surface area contributed by atoms with Gasteiger partial charge in [0.1, 0.15) is 0 Å². The maximum atomic E-state index is 11.5. The van der Waals surface area contributed by atoms with Gasteiger partial charge in [-0.15, -0.1) is 0 Å². The molecule has 0 aliphatic rings. The molecule has 0 aromatic heterocycles. The van der Waals surface area contributed by atoms with Crippen LogP contribution in [-0.4, -0.2) is 37.3 Å². The van der Waals surface area contributed by atoms with E-state index in [-0.39, 0.29) is 0 Å². The second kappa shape index (κ2) is 6.28. The molecule has 7 heteroatoms. The van der Waals surface area contributed by atoms with E-state index >= 15 is 0 Å². The van der Waals surface area contributed by atoms with Crippen LogP contribution >= 0.6 is 12.2 Å². The van der Waals surface area contributed by atoms with E-state index in [1.807, 2.05) is 0 Å². The lowest BCUT2D eigenvalue weighted by atomic mass is 10.4. The molecule has 0 aliphatic carbocycles. The summed E-state index contributed by atoms with van der Waals surface area (Å²) >= 11 is 4.69. The van der Waals surface area contributed by atoms with Crippen LogP contribution in [0.2, 0.25) is 0 Å². The van der Waals surface area contributed by atoms with E-state index in [2.05, 4.69) is 16.9 Å². The largest absolute Gasteiger partial charge is 0.393 e. The summed E-state index contributed by atoms with van der Waals surface area (Å²) in [6, 6.07) is 0. The molecular formula is C7H17N3O2S2. The third kappa shape index (κ3) is 4.85. The molecule has 0 aromatic rings. The minimum absolute atomic E-state index is 0.329. The van der Waals surface area contributed by atoms with Crippen LogP contribution in [0, 0.1) is 0 Å². The number of nitrogens with two attached hydrogens (primary N) is 1. The Kier molecular flexibility index (Phi) is 6.17. The second-order valence-electron chi connectivity index (χ2n) is 2.71. The lowest BCUT2D eigenvalue weighted by molar-refractivity contribution is 0.428. The van der Waals surface area contributed by atoms with Gasteiger partial charge in [0.25, 0.3) is 10.2 Å². The van der Waals surface area contributed by atoms with Gasteiger partial charge in [-0.1, -0.05) is 26.1 Å². The molecule has 0 amide bonds. The molecule has 0 rings (SSSR count). The Labute approximate surface area is 90.8 Å². The average Bonchev–Trinajstić information content (AvgIpc) is 2.03. The van der Waals surface area contributed by atoms with Gasteiger partial charge in [-0.25, -0.2) is 4.72 Å². The number of hydrogen-bond donors (Lipinski definition) is 2. The highest BCUT2D eigenvalue weighted by molar-refractivity contribution is 7.87. The van der Waals surface area contributed by atoms with Crippen LogP contribution in [-0.2, 0) is 10.2 Å². The van der Waals surface area contributed by atoms with Crippen molar-refractivity contribution in [3.63, 3.8) is 0 Å². The van der Waals surface area contributed by atoms with Crippen LogP contribution in [0.3, 0.4) is 0 Å². The number of thiocarbonyl (C=S) groups is 1. The van der Waals surface area contributed by atoms with Crippen LogP contribution in [0.1, 0.15) is 20.3 Å². The highest BCUT2D eigenvalue weighted by Gasteiger charge is 2.18. The fourth-order valence-corrected chi connectivity index (χ4v) is 2.27. The maximum absolute atomic E-state index is 11.5. The fourth-order valence-electron chi connectivity index (χ4n) is 0.957. The van der Waals surface area contributed by atoms with Gasteiger partial charge in [-0.3, -0.25) is 0 Å². The zero-order chi connectivity index (χ0) is 11.2. The van der Waals surface area contributed by atoms with E-state index in [1.165, 1.54) is 4.31 Å². The van der Waals surface area contributed by atoms with Gasteiger partial charge in [0.2, 0.25) is 0 Å². The number of nitrogens with one attached hydrogen (secondary N) is 1. The Bertz CT molecular complexity index is 277. The van der Waals surface area contributed by atoms with Crippen LogP contribution in [0.5, 0.6) is 0 Å². The molecule has 84 valence electrons. The van der Waals surface area contributed by atoms with E-state index in [0.717, 1.165) is 0 Å². The van der Waals surface area contributed by atoms with Crippen molar-refractivity contribution in [2.75, 3.05) is 19.6 Å². The Balaban J connectivity index is 4.32. The van der Waals surface area contributed by atoms with Gasteiger partial charge >= 0.3 is 0 Å². The van der Waals surface area contributed by atoms with Crippen molar-refractivity contribution < 1.29 is 8.42 Å². The average molecular weight is 239 g/mol. The van der Waals surface area contributed by atoms with Crippen LogP contribution in [0.15, 0.2) is 0 Å². The fraction of sp³-hybridized carbons (Fsp3) is 0.857. The van der Waals surface area contributed by atoms with E-state index in [4.69, 9.17) is 5.73 Å². The molecule has 0 aliphatic heterocycles. The van der Waals surface area contributed by atoms with Gasteiger partial charge in [-0.2, -0.15) is 12.7 Å². The highest BCUT2D eigenvalue weighted by Crippen LogP contribution is 1.98. The summed E-state index contributed by atoms with van der Waals surface area (Å²) in [5.74, 6) is 0. The normalized spacial score (nSPS) is 11.9. The first kappa shape index (κ1) is 13.8. The first-order valence-electron chi connectivity index (χ1n) is 4.47. The SMILES string of the molecule is CCNS(=O)(=O)N(CC)CCC(N)=S. The van der Waals surface area contributed by atoms with E-state index in [9.17, 15) is 8.42 Å². The molecule has 0 bridgehead atoms. The smallest absolute Gasteiger partial charge is 0.279 e. The summed E-state index contributed by atoms with van der Waals surface area (Å²) in [5, 5.41) is 0. The topological polar surface area (TPSA) is 75.4 Å². The molecular weight excluding hydrogens is 222 g/mol. The van der Waals surface area contributed by atoms with Crippen molar-refractivity contribution in [1.29, 1.82) is 0 Å². The summed E-state index contributed by atoms with van der Waals surface area (Å²) < 4.78 is 26.7. The quantitative estimate of drug-likeness (QED) is 0.605. The summed E-state index contributed by atoms with van der Waals surface area (Å²) in [5.41, 5.74) is 5.30. The molecule has 0 spiro atoms. The Morgan fingerprint density at radius 3 is 2.43 bits per heavy atom. The van der Waals surface area contributed by atoms with Crippen molar-refractivity contribution in [3.05, 3.63) is 0 Å². The minimum atomic E-state index is -3.35. The van der Waals surface area contributed by atoms with Gasteiger partial charge < -0.3 is 5.73 Å². The third-order valence-electron chi connectivity index (χ3n) is 1.63. The predicted octanol–water partition coefficient (Wildman–Crippen LogP) is -0.161. The molecule has 14 heavy (non-hydrogen) atoms. The third-order valence-corrected chi connectivity index (χ3v) is 3.61. The summed E-state index contributed by atoms with van der Waals surface area (Å²) in [6.07, 6.45) is 0.411. The molecule has 0 saturated carbocycles. The van der Waals surface area contributed by atoms with E-state index in [0.29, 0.717) is 31.0 Å². The zero-order valence-corrected chi connectivity index (χ0v) is 10.1. The summed E-state index contributed by atoms with van der Waals surface area (Å²) in [7, 11) is -3.35. The van der Waals surface area contributed by atoms with Gasteiger partial charge in [0.05, 0.1) is 4.99 Å². The molecule has 0 heterocycles. The molecule has 0 aromatic carbocycles. The first-order chi connectivity index (χ1) is 6.44. The molecule has 0 radical (unpaired) electrons. The van der Waals surface area contributed by atoms with Crippen molar-refractivity contribution >= 4 is 27.4 Å². The van der Waals surface area contributed by atoms with Crippen molar-refractivity contribution in [1.82, 2.24) is 9.03 Å². The van der Waals surface area contributed by atoms with Gasteiger partial charge in [0.15, 0.2) is 0 Å². The number of hydrogen-bond acceptors (Lipinski definition) is 3. The van der Waals surface area contributed by atoms with Crippen molar-refractivity contribution in [2.45, 2.75) is 20.3 Å². The Hall–Kier alpha value is -0.240. The van der Waals surface area contributed by atoms with Crippen molar-refractivity contribution in [3.8, 4) is 0 Å². The molecule has 3 N–H and O–H groups in total. The minimum Gasteiger partial charge on any atom is -0.393 e. The Morgan fingerprint density at radius 2 is 2.07 bits per heavy atom. The highest BCUT2D eigenvalue weighted by atomic mass is 32.2. The molecule has 0 fully saturated rings. The number of rotatable bonds is 7. The Morgan fingerprint density at radius 1 is 1.50 bits per heavy atom. The van der Waals surface area contributed by atoms with Gasteiger partial charge in [0, 0.05) is 26.1 Å². The van der Waals surface area contributed by atoms with Crippen LogP contribution < -0.4 is 10.5 Å². The monoisotopic (exact) mass is 239 g/mol. The van der Waals surface area contributed by atoms with Crippen LogP contribution in [0.4, 0.5) is 0 Å². The van der Waals surface area contributed by atoms with E-state index < -0.39 is 10.2 Å².